The van der Waals surface area contributed by atoms with Crippen LogP contribution in [0.5, 0.6) is 0 Å². The lowest BCUT2D eigenvalue weighted by Crippen LogP contribution is -2.21. The van der Waals surface area contributed by atoms with Crippen LogP contribution in [-0.2, 0) is 14.6 Å². The highest BCUT2D eigenvalue weighted by atomic mass is 32.2. The standard InChI is InChI=1S/C10H13N3O4S/c1-18(16,17)8-4-2-7(3-5-8)12-10(14)6-9(11)13-15/h2-5,15H,6H2,1H3,(H2,11,13)(H,12,14). The number of nitrogens with two attached hydrogens (primary N) is 1. The molecule has 1 aromatic rings. The topological polar surface area (TPSA) is 122 Å². The van der Waals surface area contributed by atoms with Gasteiger partial charge in [0.15, 0.2) is 9.84 Å². The maximum atomic E-state index is 11.4. The molecule has 0 bridgehead atoms. The number of benzene rings is 1. The van der Waals surface area contributed by atoms with Crippen molar-refractivity contribution in [2.24, 2.45) is 10.9 Å². The number of anilines is 1. The summed E-state index contributed by atoms with van der Waals surface area (Å²) < 4.78 is 22.4. The van der Waals surface area contributed by atoms with E-state index >= 15 is 0 Å². The second-order valence-electron chi connectivity index (χ2n) is 3.61. The predicted octanol–water partition coefficient (Wildman–Crippen LogP) is 0.165. The highest BCUT2D eigenvalue weighted by molar-refractivity contribution is 7.90. The first-order valence-corrected chi connectivity index (χ1v) is 6.78. The normalized spacial score (nSPS) is 12.2. The molecule has 0 atom stereocenters. The zero-order valence-corrected chi connectivity index (χ0v) is 10.4. The van der Waals surface area contributed by atoms with Crippen molar-refractivity contribution in [3.8, 4) is 0 Å². The molecule has 18 heavy (non-hydrogen) atoms. The van der Waals surface area contributed by atoms with Crippen LogP contribution in [0.4, 0.5) is 5.69 Å². The lowest BCUT2D eigenvalue weighted by molar-refractivity contribution is -0.115. The van der Waals surface area contributed by atoms with Gasteiger partial charge in [-0.1, -0.05) is 5.16 Å². The Bertz CT molecular complexity index is 563. The highest BCUT2D eigenvalue weighted by Gasteiger charge is 2.08. The van der Waals surface area contributed by atoms with E-state index in [2.05, 4.69) is 10.5 Å². The first-order chi connectivity index (χ1) is 8.32. The third-order valence-corrected chi connectivity index (χ3v) is 3.16. The van der Waals surface area contributed by atoms with Gasteiger partial charge in [-0.15, -0.1) is 0 Å². The molecule has 0 aliphatic heterocycles. The van der Waals surface area contributed by atoms with Gasteiger partial charge in [0.1, 0.15) is 5.84 Å². The maximum Gasteiger partial charge on any atom is 0.232 e. The Labute approximate surface area is 104 Å². The number of sulfone groups is 1. The van der Waals surface area contributed by atoms with Crippen molar-refractivity contribution in [1.82, 2.24) is 0 Å². The van der Waals surface area contributed by atoms with Crippen LogP contribution in [0.25, 0.3) is 0 Å². The van der Waals surface area contributed by atoms with Crippen LogP contribution in [0.15, 0.2) is 34.3 Å². The van der Waals surface area contributed by atoms with Crippen LogP contribution in [0.1, 0.15) is 6.42 Å². The SMILES string of the molecule is CS(=O)(=O)c1ccc(NC(=O)C/C(N)=N/O)cc1. The molecule has 0 spiro atoms. The fourth-order valence-corrected chi connectivity index (χ4v) is 1.82. The van der Waals surface area contributed by atoms with Gasteiger partial charge in [-0.25, -0.2) is 8.42 Å². The Morgan fingerprint density at radius 1 is 1.39 bits per heavy atom. The van der Waals surface area contributed by atoms with E-state index in [0.717, 1.165) is 6.26 Å². The van der Waals surface area contributed by atoms with E-state index in [1.54, 1.807) is 0 Å². The number of amides is 1. The summed E-state index contributed by atoms with van der Waals surface area (Å²) in [6.45, 7) is 0. The fourth-order valence-electron chi connectivity index (χ4n) is 1.19. The average Bonchev–Trinajstić information content (AvgIpc) is 2.28. The second kappa shape index (κ2) is 5.50. The molecule has 1 rings (SSSR count). The summed E-state index contributed by atoms with van der Waals surface area (Å²) in [7, 11) is -3.26. The van der Waals surface area contributed by atoms with Crippen molar-refractivity contribution in [2.45, 2.75) is 11.3 Å². The molecule has 0 heterocycles. The molecule has 8 heteroatoms. The van der Waals surface area contributed by atoms with Gasteiger partial charge < -0.3 is 16.3 Å². The summed E-state index contributed by atoms with van der Waals surface area (Å²) in [4.78, 5) is 11.5. The molecule has 0 unspecified atom stereocenters. The van der Waals surface area contributed by atoms with Gasteiger partial charge in [0.25, 0.3) is 0 Å². The minimum absolute atomic E-state index is 0.164. The Balaban J connectivity index is 2.73. The van der Waals surface area contributed by atoms with Gasteiger partial charge >= 0.3 is 0 Å². The summed E-state index contributed by atoms with van der Waals surface area (Å²) in [6.07, 6.45) is 0.851. The number of hydrogen-bond acceptors (Lipinski definition) is 5. The minimum atomic E-state index is -3.26. The molecular formula is C10H13N3O4S. The molecular weight excluding hydrogens is 258 g/mol. The molecule has 0 radical (unpaired) electrons. The molecule has 0 aromatic heterocycles. The summed E-state index contributed by atoms with van der Waals surface area (Å²) in [6, 6.07) is 5.68. The monoisotopic (exact) mass is 271 g/mol. The van der Waals surface area contributed by atoms with Gasteiger partial charge in [0, 0.05) is 11.9 Å². The van der Waals surface area contributed by atoms with Gasteiger partial charge in [0.05, 0.1) is 11.3 Å². The molecule has 0 fully saturated rings. The number of rotatable bonds is 4. The summed E-state index contributed by atoms with van der Waals surface area (Å²) in [5.41, 5.74) is 5.60. The van der Waals surface area contributed by atoms with Crippen molar-refractivity contribution in [2.75, 3.05) is 11.6 Å². The van der Waals surface area contributed by atoms with Crippen LogP contribution >= 0.6 is 0 Å². The minimum Gasteiger partial charge on any atom is -0.409 e. The number of oxime groups is 1. The van der Waals surface area contributed by atoms with E-state index in [9.17, 15) is 13.2 Å². The first kappa shape index (κ1) is 14.0. The smallest absolute Gasteiger partial charge is 0.232 e. The van der Waals surface area contributed by atoms with Crippen molar-refractivity contribution in [3.63, 3.8) is 0 Å². The molecule has 0 aliphatic carbocycles. The molecule has 4 N–H and O–H groups in total. The van der Waals surface area contributed by atoms with Crippen LogP contribution < -0.4 is 11.1 Å². The summed E-state index contributed by atoms with van der Waals surface area (Å²) >= 11 is 0. The molecule has 0 saturated carbocycles. The summed E-state index contributed by atoms with van der Waals surface area (Å²) in [5.74, 6) is -0.669. The van der Waals surface area contributed by atoms with Crippen LogP contribution in [-0.4, -0.2) is 31.6 Å². The van der Waals surface area contributed by atoms with E-state index in [1.807, 2.05) is 0 Å². The largest absolute Gasteiger partial charge is 0.409 e. The molecule has 0 saturated heterocycles. The third kappa shape index (κ3) is 4.06. The number of amidine groups is 1. The van der Waals surface area contributed by atoms with Gasteiger partial charge in [-0.3, -0.25) is 4.79 Å². The van der Waals surface area contributed by atoms with E-state index in [0.29, 0.717) is 5.69 Å². The van der Waals surface area contributed by atoms with Gasteiger partial charge in [-0.05, 0) is 24.3 Å². The van der Waals surface area contributed by atoms with Crippen molar-refractivity contribution < 1.29 is 18.4 Å². The van der Waals surface area contributed by atoms with Crippen LogP contribution in [0, 0.1) is 0 Å². The van der Waals surface area contributed by atoms with Crippen molar-refractivity contribution in [3.05, 3.63) is 24.3 Å². The van der Waals surface area contributed by atoms with E-state index in [-0.39, 0.29) is 17.2 Å². The first-order valence-electron chi connectivity index (χ1n) is 4.89. The zero-order valence-electron chi connectivity index (χ0n) is 9.62. The maximum absolute atomic E-state index is 11.4. The van der Waals surface area contributed by atoms with E-state index in [1.165, 1.54) is 24.3 Å². The lowest BCUT2D eigenvalue weighted by Gasteiger charge is -2.05. The number of carbonyl (C=O) groups excluding carboxylic acids is 1. The second-order valence-corrected chi connectivity index (χ2v) is 5.63. The number of nitrogens with one attached hydrogen (secondary N) is 1. The number of carbonyl (C=O) groups is 1. The highest BCUT2D eigenvalue weighted by Crippen LogP contribution is 2.13. The number of hydrogen-bond donors (Lipinski definition) is 3. The van der Waals surface area contributed by atoms with Gasteiger partial charge in [-0.2, -0.15) is 0 Å². The zero-order chi connectivity index (χ0) is 13.8. The molecule has 7 nitrogen and oxygen atoms in total. The fraction of sp³-hybridized carbons (Fsp3) is 0.200. The lowest BCUT2D eigenvalue weighted by atomic mass is 10.3. The molecule has 1 amide bonds. The number of nitrogens with zero attached hydrogens (tertiary/aromatic N) is 1. The quantitative estimate of drug-likeness (QED) is 0.312. The molecule has 0 aliphatic rings. The van der Waals surface area contributed by atoms with E-state index in [4.69, 9.17) is 10.9 Å². The Morgan fingerprint density at radius 2 is 1.94 bits per heavy atom. The van der Waals surface area contributed by atoms with E-state index < -0.39 is 15.7 Å². The van der Waals surface area contributed by atoms with Crippen LogP contribution in [0.3, 0.4) is 0 Å². The Morgan fingerprint density at radius 3 is 2.39 bits per heavy atom. The third-order valence-electron chi connectivity index (χ3n) is 2.04. The van der Waals surface area contributed by atoms with Crippen molar-refractivity contribution >= 4 is 27.3 Å². The van der Waals surface area contributed by atoms with Crippen molar-refractivity contribution in [1.29, 1.82) is 0 Å². The Hall–Kier alpha value is -2.09. The average molecular weight is 271 g/mol. The molecule has 1 aromatic carbocycles. The summed E-state index contributed by atoms with van der Waals surface area (Å²) in [5, 5.41) is 13.4. The Kier molecular flexibility index (Phi) is 4.27. The van der Waals surface area contributed by atoms with Crippen LogP contribution in [0.2, 0.25) is 0 Å². The van der Waals surface area contributed by atoms with Gasteiger partial charge in [0.2, 0.25) is 5.91 Å². The molecule has 98 valence electrons. The predicted molar refractivity (Wildman–Crippen MR) is 66.2 cm³/mol.